The van der Waals surface area contributed by atoms with E-state index in [-0.39, 0.29) is 5.41 Å². The van der Waals surface area contributed by atoms with Gasteiger partial charge in [-0.2, -0.15) is 0 Å². The molecule has 0 unspecified atom stereocenters. The van der Waals surface area contributed by atoms with E-state index in [9.17, 15) is 5.11 Å². The number of ether oxygens (including phenoxy) is 1. The first kappa shape index (κ1) is 14.8. The molecule has 0 aliphatic heterocycles. The van der Waals surface area contributed by atoms with Gasteiger partial charge in [-0.05, 0) is 22.4 Å². The fourth-order valence-corrected chi connectivity index (χ4v) is 2.47. The number of hydrogen-bond acceptors (Lipinski definition) is 3. The Kier molecular flexibility index (Phi) is 4.02. The number of fused-ring (bicyclic) bond motifs is 1. The zero-order chi connectivity index (χ0) is 14.9. The summed E-state index contributed by atoms with van der Waals surface area (Å²) in [6.45, 7) is 5.97. The summed E-state index contributed by atoms with van der Waals surface area (Å²) in [5.74, 6) is 0.821. The summed E-state index contributed by atoms with van der Waals surface area (Å²) in [6.07, 6.45) is -0.612. The number of rotatable bonds is 3. The second kappa shape index (κ2) is 5.43. The van der Waals surface area contributed by atoms with Crippen molar-refractivity contribution in [2.75, 3.05) is 7.11 Å². The van der Waals surface area contributed by atoms with Crippen molar-refractivity contribution < 1.29 is 9.84 Å². The molecule has 3 heteroatoms. The largest absolute Gasteiger partial charge is 0.496 e. The molecule has 0 fully saturated rings. The van der Waals surface area contributed by atoms with Crippen molar-refractivity contribution in [3.8, 4) is 5.75 Å². The van der Waals surface area contributed by atoms with Gasteiger partial charge in [-0.1, -0.05) is 51.1 Å². The van der Waals surface area contributed by atoms with E-state index in [0.29, 0.717) is 0 Å². The molecule has 0 bridgehead atoms. The van der Waals surface area contributed by atoms with Crippen LogP contribution < -0.4 is 10.5 Å². The first-order valence-electron chi connectivity index (χ1n) is 6.85. The molecule has 0 heterocycles. The van der Waals surface area contributed by atoms with E-state index in [4.69, 9.17) is 10.5 Å². The summed E-state index contributed by atoms with van der Waals surface area (Å²) >= 11 is 0. The van der Waals surface area contributed by atoms with Crippen LogP contribution in [-0.4, -0.2) is 18.3 Å². The van der Waals surface area contributed by atoms with Crippen LogP contribution in [0.15, 0.2) is 36.4 Å². The molecule has 0 spiro atoms. The molecule has 20 heavy (non-hydrogen) atoms. The number of methoxy groups -OCH3 is 1. The minimum atomic E-state index is -0.612. The number of aliphatic hydroxyl groups excluding tert-OH is 1. The van der Waals surface area contributed by atoms with Gasteiger partial charge in [-0.3, -0.25) is 0 Å². The van der Waals surface area contributed by atoms with Crippen molar-refractivity contribution in [3.05, 3.63) is 42.0 Å². The molecule has 2 atom stereocenters. The summed E-state index contributed by atoms with van der Waals surface area (Å²) < 4.78 is 5.39. The average Bonchev–Trinajstić information content (AvgIpc) is 2.43. The van der Waals surface area contributed by atoms with Gasteiger partial charge in [0.25, 0.3) is 0 Å². The minimum absolute atomic E-state index is 0.263. The van der Waals surface area contributed by atoms with Crippen LogP contribution in [0.1, 0.15) is 32.4 Å². The Bertz CT molecular complexity index is 601. The number of nitrogens with two attached hydrogens (primary N) is 1. The van der Waals surface area contributed by atoms with Gasteiger partial charge in [0.2, 0.25) is 0 Å². The molecule has 3 N–H and O–H groups in total. The summed E-state index contributed by atoms with van der Waals surface area (Å²) in [5.41, 5.74) is 6.98. The second-order valence-electron chi connectivity index (χ2n) is 6.24. The quantitative estimate of drug-likeness (QED) is 0.902. The Morgan fingerprint density at radius 3 is 2.20 bits per heavy atom. The SMILES string of the molecule is COc1ccc([C@H](N)[C@H](O)C(C)(C)C)c2ccccc12. The van der Waals surface area contributed by atoms with Gasteiger partial charge >= 0.3 is 0 Å². The lowest BCUT2D eigenvalue weighted by atomic mass is 9.81. The number of aliphatic hydroxyl groups is 1. The molecule has 0 aliphatic carbocycles. The molecule has 0 amide bonds. The van der Waals surface area contributed by atoms with E-state index in [1.165, 1.54) is 0 Å². The highest BCUT2D eigenvalue weighted by molar-refractivity contribution is 5.91. The van der Waals surface area contributed by atoms with Crippen LogP contribution in [0.3, 0.4) is 0 Å². The summed E-state index contributed by atoms with van der Waals surface area (Å²) in [6, 6.07) is 11.4. The maximum absolute atomic E-state index is 10.4. The van der Waals surface area contributed by atoms with Crippen LogP contribution in [0.25, 0.3) is 10.8 Å². The molecule has 0 radical (unpaired) electrons. The summed E-state index contributed by atoms with van der Waals surface area (Å²) in [5, 5.41) is 12.5. The Balaban J connectivity index is 2.56. The molecular formula is C17H23NO2. The number of hydrogen-bond donors (Lipinski definition) is 2. The van der Waals surface area contributed by atoms with E-state index >= 15 is 0 Å². The minimum Gasteiger partial charge on any atom is -0.496 e. The van der Waals surface area contributed by atoms with Gasteiger partial charge in [0.1, 0.15) is 5.75 Å². The van der Waals surface area contributed by atoms with Crippen LogP contribution in [0.2, 0.25) is 0 Å². The topological polar surface area (TPSA) is 55.5 Å². The maximum Gasteiger partial charge on any atom is 0.126 e. The van der Waals surface area contributed by atoms with Crippen molar-refractivity contribution >= 4 is 10.8 Å². The first-order valence-corrected chi connectivity index (χ1v) is 6.85. The molecule has 108 valence electrons. The third-order valence-corrected chi connectivity index (χ3v) is 3.72. The predicted molar refractivity (Wildman–Crippen MR) is 82.9 cm³/mol. The van der Waals surface area contributed by atoms with E-state index in [0.717, 1.165) is 22.1 Å². The fraction of sp³-hybridized carbons (Fsp3) is 0.412. The first-order chi connectivity index (χ1) is 9.36. The van der Waals surface area contributed by atoms with Gasteiger partial charge in [0.05, 0.1) is 19.3 Å². The van der Waals surface area contributed by atoms with Crippen molar-refractivity contribution in [2.45, 2.75) is 32.9 Å². The van der Waals surface area contributed by atoms with Crippen LogP contribution in [0.5, 0.6) is 5.75 Å². The monoisotopic (exact) mass is 273 g/mol. The third-order valence-electron chi connectivity index (χ3n) is 3.72. The van der Waals surface area contributed by atoms with Crippen LogP contribution >= 0.6 is 0 Å². The van der Waals surface area contributed by atoms with Crippen LogP contribution in [0, 0.1) is 5.41 Å². The Hall–Kier alpha value is -1.58. The Labute approximate surface area is 120 Å². The van der Waals surface area contributed by atoms with Crippen molar-refractivity contribution in [3.63, 3.8) is 0 Å². The van der Waals surface area contributed by atoms with Gasteiger partial charge in [0.15, 0.2) is 0 Å². The lowest BCUT2D eigenvalue weighted by Gasteiger charge is -2.31. The second-order valence-corrected chi connectivity index (χ2v) is 6.24. The Morgan fingerprint density at radius 1 is 1.05 bits per heavy atom. The van der Waals surface area contributed by atoms with Gasteiger partial charge < -0.3 is 15.6 Å². The van der Waals surface area contributed by atoms with E-state index < -0.39 is 12.1 Å². The molecule has 2 aromatic carbocycles. The molecule has 0 saturated carbocycles. The van der Waals surface area contributed by atoms with Gasteiger partial charge in [-0.15, -0.1) is 0 Å². The van der Waals surface area contributed by atoms with E-state index in [1.54, 1.807) is 7.11 Å². The average molecular weight is 273 g/mol. The van der Waals surface area contributed by atoms with Crippen LogP contribution in [-0.2, 0) is 0 Å². The highest BCUT2D eigenvalue weighted by Gasteiger charge is 2.30. The van der Waals surface area contributed by atoms with Crippen molar-refractivity contribution in [1.82, 2.24) is 0 Å². The van der Waals surface area contributed by atoms with Crippen LogP contribution in [0.4, 0.5) is 0 Å². The lowest BCUT2D eigenvalue weighted by molar-refractivity contribution is 0.0405. The van der Waals surface area contributed by atoms with E-state index in [2.05, 4.69) is 0 Å². The molecule has 0 aromatic heterocycles. The normalized spacial score (nSPS) is 15.1. The van der Waals surface area contributed by atoms with E-state index in [1.807, 2.05) is 57.2 Å². The lowest BCUT2D eigenvalue weighted by Crippen LogP contribution is -2.37. The standard InChI is InChI=1S/C17H23NO2/c1-17(2,3)16(19)15(18)13-9-10-14(20-4)12-8-6-5-7-11(12)13/h5-10,15-16,19H,18H2,1-4H3/t15-,16-/m0/s1. The molecule has 2 aromatic rings. The number of benzene rings is 2. The zero-order valence-corrected chi connectivity index (χ0v) is 12.6. The molecule has 0 saturated heterocycles. The molecular weight excluding hydrogens is 250 g/mol. The van der Waals surface area contributed by atoms with Gasteiger partial charge in [-0.25, -0.2) is 0 Å². The highest BCUT2D eigenvalue weighted by Crippen LogP contribution is 2.35. The van der Waals surface area contributed by atoms with Gasteiger partial charge in [0, 0.05) is 5.39 Å². The molecule has 0 aliphatic rings. The molecule has 3 nitrogen and oxygen atoms in total. The Morgan fingerprint density at radius 2 is 1.65 bits per heavy atom. The van der Waals surface area contributed by atoms with Crippen molar-refractivity contribution in [1.29, 1.82) is 0 Å². The zero-order valence-electron chi connectivity index (χ0n) is 12.6. The fourth-order valence-electron chi connectivity index (χ4n) is 2.47. The predicted octanol–water partition coefficient (Wildman–Crippen LogP) is 3.26. The highest BCUT2D eigenvalue weighted by atomic mass is 16.5. The maximum atomic E-state index is 10.4. The summed E-state index contributed by atoms with van der Waals surface area (Å²) in [7, 11) is 1.66. The third kappa shape index (κ3) is 2.65. The summed E-state index contributed by atoms with van der Waals surface area (Å²) in [4.78, 5) is 0. The molecule has 2 rings (SSSR count). The smallest absolute Gasteiger partial charge is 0.126 e. The van der Waals surface area contributed by atoms with Crippen molar-refractivity contribution in [2.24, 2.45) is 11.1 Å².